The van der Waals surface area contributed by atoms with Crippen LogP contribution in [0.1, 0.15) is 35.2 Å². The molecule has 0 saturated heterocycles. The van der Waals surface area contributed by atoms with Crippen LogP contribution in [-0.2, 0) is 17.8 Å². The molecule has 86 valence electrons. The molecule has 0 atom stereocenters. The van der Waals surface area contributed by atoms with Crippen molar-refractivity contribution in [2.24, 2.45) is 0 Å². The average Bonchev–Trinajstić information content (AvgIpc) is 2.70. The summed E-state index contributed by atoms with van der Waals surface area (Å²) in [6.07, 6.45) is 0.973. The number of aromatic carboxylic acids is 1. The first-order valence-electron chi connectivity index (χ1n) is 5.12. The molecule has 1 aliphatic rings. The Morgan fingerprint density at radius 1 is 1.56 bits per heavy atom. The van der Waals surface area contributed by atoms with E-state index in [1.54, 1.807) is 11.8 Å². The lowest BCUT2D eigenvalue weighted by molar-refractivity contribution is -0.131. The number of fused-ring (bicyclic) bond motifs is 1. The van der Waals surface area contributed by atoms with Crippen molar-refractivity contribution in [3.8, 4) is 0 Å². The Hall–Kier alpha value is -1.85. The van der Waals surface area contributed by atoms with E-state index in [2.05, 4.69) is 5.16 Å². The van der Waals surface area contributed by atoms with Gasteiger partial charge in [-0.1, -0.05) is 12.1 Å². The molecular weight excluding hydrogens is 212 g/mol. The fourth-order valence-electron chi connectivity index (χ4n) is 1.82. The minimum Gasteiger partial charge on any atom is -0.475 e. The molecule has 1 aromatic rings. The van der Waals surface area contributed by atoms with E-state index in [1.165, 1.54) is 0 Å². The standard InChI is InChI=1S/C10H12N2O4/c1-2-8(13)12-4-3-7-6(5-12)9(10(14)15)16-11-7/h2-5H2,1H3,(H,14,15). The molecule has 0 radical (unpaired) electrons. The Morgan fingerprint density at radius 3 is 2.94 bits per heavy atom. The maximum absolute atomic E-state index is 11.5. The third-order valence-electron chi connectivity index (χ3n) is 2.69. The van der Waals surface area contributed by atoms with Gasteiger partial charge in [-0.3, -0.25) is 4.79 Å². The Balaban J connectivity index is 2.27. The van der Waals surface area contributed by atoms with Gasteiger partial charge in [-0.05, 0) is 0 Å². The topological polar surface area (TPSA) is 83.6 Å². The zero-order valence-electron chi connectivity index (χ0n) is 8.89. The molecule has 16 heavy (non-hydrogen) atoms. The molecule has 0 aliphatic carbocycles. The first kappa shape index (κ1) is 10.7. The Bertz CT molecular complexity index is 438. The smallest absolute Gasteiger partial charge is 0.375 e. The van der Waals surface area contributed by atoms with E-state index in [1.807, 2.05) is 0 Å². The summed E-state index contributed by atoms with van der Waals surface area (Å²) in [6.45, 7) is 2.64. The zero-order chi connectivity index (χ0) is 11.7. The predicted octanol–water partition coefficient (Wildman–Crippen LogP) is 0.668. The van der Waals surface area contributed by atoms with Gasteiger partial charge in [0.2, 0.25) is 11.7 Å². The van der Waals surface area contributed by atoms with Gasteiger partial charge in [-0.15, -0.1) is 0 Å². The summed E-state index contributed by atoms with van der Waals surface area (Å²) in [5, 5.41) is 12.6. The van der Waals surface area contributed by atoms with E-state index >= 15 is 0 Å². The van der Waals surface area contributed by atoms with Crippen molar-refractivity contribution in [2.45, 2.75) is 26.3 Å². The summed E-state index contributed by atoms with van der Waals surface area (Å²) in [7, 11) is 0. The summed E-state index contributed by atoms with van der Waals surface area (Å²) in [4.78, 5) is 24.0. The minimum absolute atomic E-state index is 0.0168. The van der Waals surface area contributed by atoms with Crippen LogP contribution in [0.4, 0.5) is 0 Å². The van der Waals surface area contributed by atoms with E-state index in [0.29, 0.717) is 30.6 Å². The van der Waals surface area contributed by atoms with Crippen LogP contribution < -0.4 is 0 Å². The highest BCUT2D eigenvalue weighted by Gasteiger charge is 2.28. The van der Waals surface area contributed by atoms with Crippen molar-refractivity contribution < 1.29 is 19.2 Å². The van der Waals surface area contributed by atoms with E-state index in [0.717, 1.165) is 0 Å². The van der Waals surface area contributed by atoms with E-state index in [-0.39, 0.29) is 18.2 Å². The largest absolute Gasteiger partial charge is 0.475 e. The van der Waals surface area contributed by atoms with Gasteiger partial charge in [-0.2, -0.15) is 0 Å². The van der Waals surface area contributed by atoms with Crippen LogP contribution in [0.15, 0.2) is 4.52 Å². The molecule has 0 saturated carbocycles. The molecule has 6 nitrogen and oxygen atoms in total. The molecular formula is C10H12N2O4. The number of carbonyl (C=O) groups excluding carboxylic acids is 1. The highest BCUT2D eigenvalue weighted by molar-refractivity contribution is 5.86. The first-order chi connectivity index (χ1) is 7.63. The fraction of sp³-hybridized carbons (Fsp3) is 0.500. The van der Waals surface area contributed by atoms with E-state index < -0.39 is 5.97 Å². The molecule has 1 amide bonds. The van der Waals surface area contributed by atoms with Crippen molar-refractivity contribution >= 4 is 11.9 Å². The van der Waals surface area contributed by atoms with Gasteiger partial charge < -0.3 is 14.5 Å². The number of nitrogens with zero attached hydrogens (tertiary/aromatic N) is 2. The molecule has 0 unspecified atom stereocenters. The van der Waals surface area contributed by atoms with Crippen LogP contribution in [0.25, 0.3) is 0 Å². The lowest BCUT2D eigenvalue weighted by Crippen LogP contribution is -2.35. The van der Waals surface area contributed by atoms with Crippen LogP contribution in [-0.4, -0.2) is 33.6 Å². The number of carboxylic acids is 1. The first-order valence-corrected chi connectivity index (χ1v) is 5.12. The maximum atomic E-state index is 11.5. The number of carboxylic acid groups (broad SMARTS) is 1. The third kappa shape index (κ3) is 1.66. The predicted molar refractivity (Wildman–Crippen MR) is 52.9 cm³/mol. The third-order valence-corrected chi connectivity index (χ3v) is 2.69. The molecule has 0 bridgehead atoms. The summed E-state index contributed by atoms with van der Waals surface area (Å²) in [5.74, 6) is -1.27. The lowest BCUT2D eigenvalue weighted by Gasteiger charge is -2.25. The molecule has 1 aromatic heterocycles. The van der Waals surface area contributed by atoms with Crippen LogP contribution in [0.5, 0.6) is 0 Å². The number of aromatic nitrogens is 1. The van der Waals surface area contributed by atoms with Crippen molar-refractivity contribution in [2.75, 3.05) is 6.54 Å². The van der Waals surface area contributed by atoms with Crippen molar-refractivity contribution in [3.05, 3.63) is 17.0 Å². The maximum Gasteiger partial charge on any atom is 0.375 e. The summed E-state index contributed by atoms with van der Waals surface area (Å²) in [5.41, 5.74) is 1.18. The van der Waals surface area contributed by atoms with Gasteiger partial charge in [0, 0.05) is 24.9 Å². The number of hydrogen-bond donors (Lipinski definition) is 1. The monoisotopic (exact) mass is 224 g/mol. The number of hydrogen-bond acceptors (Lipinski definition) is 4. The summed E-state index contributed by atoms with van der Waals surface area (Å²) >= 11 is 0. The molecule has 0 aromatic carbocycles. The van der Waals surface area contributed by atoms with Gasteiger partial charge in [0.15, 0.2) is 0 Å². The highest BCUT2D eigenvalue weighted by Crippen LogP contribution is 2.22. The SMILES string of the molecule is CCC(=O)N1CCc2noc(C(=O)O)c2C1. The van der Waals surface area contributed by atoms with Gasteiger partial charge in [0.25, 0.3) is 0 Å². The molecule has 1 N–H and O–H groups in total. The molecule has 2 heterocycles. The van der Waals surface area contributed by atoms with Crippen molar-refractivity contribution in [1.29, 1.82) is 0 Å². The van der Waals surface area contributed by atoms with Gasteiger partial charge >= 0.3 is 5.97 Å². The van der Waals surface area contributed by atoms with Crippen molar-refractivity contribution in [3.63, 3.8) is 0 Å². The fourth-order valence-corrected chi connectivity index (χ4v) is 1.82. The Morgan fingerprint density at radius 2 is 2.31 bits per heavy atom. The Kier molecular flexibility index (Phi) is 2.64. The molecule has 6 heteroatoms. The highest BCUT2D eigenvalue weighted by atomic mass is 16.5. The van der Waals surface area contributed by atoms with E-state index in [9.17, 15) is 9.59 Å². The quantitative estimate of drug-likeness (QED) is 0.798. The number of rotatable bonds is 2. The Labute approximate surface area is 91.8 Å². The second-order valence-corrected chi connectivity index (χ2v) is 3.66. The average molecular weight is 224 g/mol. The van der Waals surface area contributed by atoms with E-state index in [4.69, 9.17) is 9.63 Å². The normalized spacial score (nSPS) is 14.7. The van der Waals surface area contributed by atoms with Gasteiger partial charge in [0.05, 0.1) is 12.2 Å². The molecule has 0 fully saturated rings. The summed E-state index contributed by atoms with van der Waals surface area (Å²) < 4.78 is 4.75. The van der Waals surface area contributed by atoms with Crippen molar-refractivity contribution in [1.82, 2.24) is 10.1 Å². The molecule has 1 aliphatic heterocycles. The summed E-state index contributed by atoms with van der Waals surface area (Å²) in [6, 6.07) is 0. The second kappa shape index (κ2) is 3.96. The molecule has 0 spiro atoms. The van der Waals surface area contributed by atoms with Crippen LogP contribution in [0, 0.1) is 0 Å². The lowest BCUT2D eigenvalue weighted by atomic mass is 10.1. The van der Waals surface area contributed by atoms with Crippen LogP contribution in [0.3, 0.4) is 0 Å². The minimum atomic E-state index is -1.14. The van der Waals surface area contributed by atoms with Gasteiger partial charge in [-0.25, -0.2) is 4.79 Å². The zero-order valence-corrected chi connectivity index (χ0v) is 8.89. The van der Waals surface area contributed by atoms with Crippen LogP contribution >= 0.6 is 0 Å². The number of amides is 1. The second-order valence-electron chi connectivity index (χ2n) is 3.66. The van der Waals surface area contributed by atoms with Gasteiger partial charge in [0.1, 0.15) is 0 Å². The number of carbonyl (C=O) groups is 2. The van der Waals surface area contributed by atoms with Crippen LogP contribution in [0.2, 0.25) is 0 Å². The molecule has 2 rings (SSSR count).